The van der Waals surface area contributed by atoms with E-state index in [-0.39, 0.29) is 15.9 Å². The van der Waals surface area contributed by atoms with Crippen molar-refractivity contribution in [1.82, 2.24) is 0 Å². The minimum absolute atomic E-state index is 0.281. The average molecular weight is 598 g/mol. The third-order valence-electron chi connectivity index (χ3n) is 6.34. The van der Waals surface area contributed by atoms with Crippen LogP contribution in [-0.2, 0) is 19.7 Å². The number of aryl methyl sites for hydroxylation is 3. The van der Waals surface area contributed by atoms with Crippen LogP contribution in [0.25, 0.3) is 0 Å². The Hall–Kier alpha value is -2.43. The van der Waals surface area contributed by atoms with Crippen molar-refractivity contribution < 1.29 is 43.2 Å². The molecule has 0 fully saturated rings. The molecule has 3 aromatic carbocycles. The van der Waals surface area contributed by atoms with Crippen molar-refractivity contribution >= 4 is 42.9 Å². The summed E-state index contributed by atoms with van der Waals surface area (Å²) in [7, 11) is -17.5. The Morgan fingerprint density at radius 3 is 1.08 bits per heavy atom. The predicted molar refractivity (Wildman–Crippen MR) is 138 cm³/mol. The van der Waals surface area contributed by atoms with Crippen molar-refractivity contribution in [1.29, 1.82) is 0 Å². The standard InChI is InChI=1S/C25H24F6O4PS2/c1-17-10-4-7-13-20(17)36(21-14-8-5-11-18(21)2,22-15-9-6-12-19(22)3)16-23(37(32,33)24(26,27)28)38(34,35)25(29,30)31/h4-15,23H,16H2,1-3H3/q+1. The molecule has 3 rings (SSSR count). The first kappa shape index (κ1) is 30.1. The largest absolute Gasteiger partial charge is 0.498 e. The van der Waals surface area contributed by atoms with Gasteiger partial charge in [0.25, 0.3) is 19.7 Å². The zero-order chi connectivity index (χ0) is 28.7. The summed E-state index contributed by atoms with van der Waals surface area (Å²) in [6.07, 6.45) is -1.46. The van der Waals surface area contributed by atoms with Crippen LogP contribution in [-0.4, -0.2) is 38.6 Å². The molecule has 0 aromatic heterocycles. The fourth-order valence-corrected chi connectivity index (χ4v) is 14.9. The summed E-state index contributed by atoms with van der Waals surface area (Å²) in [5.74, 6) is 0. The van der Waals surface area contributed by atoms with E-state index < -0.39 is 48.7 Å². The normalized spacial score (nSPS) is 13.6. The van der Waals surface area contributed by atoms with Crippen molar-refractivity contribution in [3.63, 3.8) is 0 Å². The molecule has 0 spiro atoms. The molecule has 0 aliphatic rings. The first-order chi connectivity index (χ1) is 17.4. The smallest absolute Gasteiger partial charge is 0.218 e. The molecule has 0 aliphatic carbocycles. The van der Waals surface area contributed by atoms with Crippen LogP contribution < -0.4 is 15.9 Å². The summed E-state index contributed by atoms with van der Waals surface area (Å²) in [6, 6.07) is 18.7. The van der Waals surface area contributed by atoms with E-state index in [4.69, 9.17) is 0 Å². The number of hydrogen-bond donors (Lipinski definition) is 0. The second-order valence-electron chi connectivity index (χ2n) is 8.76. The summed E-state index contributed by atoms with van der Waals surface area (Å²) in [5, 5.41) is 0.843. The lowest BCUT2D eigenvalue weighted by molar-refractivity contribution is -0.0468. The highest BCUT2D eigenvalue weighted by Gasteiger charge is 2.67. The van der Waals surface area contributed by atoms with Crippen LogP contribution in [0.4, 0.5) is 26.3 Å². The number of sulfone groups is 2. The second kappa shape index (κ2) is 10.3. The SMILES string of the molecule is Cc1ccccc1[P+](CC(S(=O)(=O)C(F)(F)F)S(=O)(=O)C(F)(F)F)(c1ccccc1C)c1ccccc1C. The van der Waals surface area contributed by atoms with E-state index in [1.165, 1.54) is 36.4 Å². The first-order valence-corrected chi connectivity index (χ1v) is 16.1. The van der Waals surface area contributed by atoms with E-state index >= 15 is 0 Å². The fourth-order valence-electron chi connectivity index (χ4n) is 4.54. The molecule has 0 atom stereocenters. The van der Waals surface area contributed by atoms with Gasteiger partial charge < -0.3 is 0 Å². The lowest BCUT2D eigenvalue weighted by atomic mass is 10.2. The van der Waals surface area contributed by atoms with Gasteiger partial charge in [0, 0.05) is 0 Å². The van der Waals surface area contributed by atoms with Crippen LogP contribution in [0.1, 0.15) is 16.7 Å². The molecule has 0 radical (unpaired) electrons. The molecule has 13 heteroatoms. The van der Waals surface area contributed by atoms with Crippen molar-refractivity contribution in [2.75, 3.05) is 6.16 Å². The first-order valence-electron chi connectivity index (χ1n) is 11.1. The summed E-state index contributed by atoms with van der Waals surface area (Å²) < 4.78 is 130. The minimum atomic E-state index is -6.86. The Balaban J connectivity index is 2.62. The van der Waals surface area contributed by atoms with Gasteiger partial charge in [-0.15, -0.1) is 0 Å². The number of alkyl halides is 6. The van der Waals surface area contributed by atoms with E-state index in [9.17, 15) is 43.2 Å². The highest BCUT2D eigenvalue weighted by molar-refractivity contribution is 8.11. The Morgan fingerprint density at radius 2 is 0.842 bits per heavy atom. The van der Waals surface area contributed by atoms with E-state index in [0.717, 1.165) is 0 Å². The van der Waals surface area contributed by atoms with Crippen molar-refractivity contribution in [3.05, 3.63) is 89.5 Å². The van der Waals surface area contributed by atoms with Gasteiger partial charge in [0.05, 0.1) is 0 Å². The topological polar surface area (TPSA) is 68.3 Å². The highest BCUT2D eigenvalue weighted by Crippen LogP contribution is 2.60. The van der Waals surface area contributed by atoms with Crippen molar-refractivity contribution in [2.24, 2.45) is 0 Å². The van der Waals surface area contributed by atoms with Gasteiger partial charge in [-0.2, -0.15) is 26.3 Å². The predicted octanol–water partition coefficient (Wildman–Crippen LogP) is 5.10. The molecule has 0 saturated carbocycles. The molecule has 3 aromatic rings. The molecule has 0 aliphatic heterocycles. The number of hydrogen-bond acceptors (Lipinski definition) is 4. The zero-order valence-electron chi connectivity index (χ0n) is 20.4. The Kier molecular flexibility index (Phi) is 8.14. The summed E-state index contributed by atoms with van der Waals surface area (Å²) in [6.45, 7) is 4.77. The monoisotopic (exact) mass is 597 g/mol. The molecule has 0 bridgehead atoms. The number of rotatable bonds is 7. The van der Waals surface area contributed by atoms with Crippen LogP contribution in [0.3, 0.4) is 0 Å². The van der Waals surface area contributed by atoms with E-state index in [1.807, 2.05) is 0 Å². The molecule has 0 saturated heterocycles. The third kappa shape index (κ3) is 5.10. The van der Waals surface area contributed by atoms with Crippen LogP contribution >= 0.6 is 7.26 Å². The van der Waals surface area contributed by atoms with Crippen molar-refractivity contribution in [3.8, 4) is 0 Å². The average Bonchev–Trinajstić information content (AvgIpc) is 2.80. The quantitative estimate of drug-likeness (QED) is 0.281. The van der Waals surface area contributed by atoms with Crippen LogP contribution in [0.5, 0.6) is 0 Å². The molecule has 4 nitrogen and oxygen atoms in total. The Morgan fingerprint density at radius 1 is 0.579 bits per heavy atom. The molecule has 0 heterocycles. The summed E-state index contributed by atoms with van der Waals surface area (Å²) in [4.78, 5) is 0. The lowest BCUT2D eigenvalue weighted by Crippen LogP contribution is -2.50. The van der Waals surface area contributed by atoms with Crippen LogP contribution in [0.2, 0.25) is 0 Å². The number of halogens is 6. The van der Waals surface area contributed by atoms with Gasteiger partial charge >= 0.3 is 11.0 Å². The molecular formula is C25H24F6O4PS2+. The molecule has 206 valence electrons. The maximum Gasteiger partial charge on any atom is 0.498 e. The number of benzene rings is 3. The van der Waals surface area contributed by atoms with E-state index in [1.54, 1.807) is 57.2 Å². The van der Waals surface area contributed by atoms with Gasteiger partial charge in [0.1, 0.15) is 29.3 Å². The second-order valence-corrected chi connectivity index (χ2v) is 16.7. The van der Waals surface area contributed by atoms with Gasteiger partial charge in [0.2, 0.25) is 4.58 Å². The van der Waals surface area contributed by atoms with Gasteiger partial charge in [-0.25, -0.2) is 16.8 Å². The fraction of sp³-hybridized carbons (Fsp3) is 0.280. The van der Waals surface area contributed by atoms with Gasteiger partial charge in [0.15, 0.2) is 0 Å². The highest BCUT2D eigenvalue weighted by atomic mass is 32.3. The van der Waals surface area contributed by atoms with Crippen LogP contribution in [0.15, 0.2) is 72.8 Å². The lowest BCUT2D eigenvalue weighted by Gasteiger charge is -2.33. The zero-order valence-corrected chi connectivity index (χ0v) is 22.9. The Bertz CT molecular complexity index is 1390. The van der Waals surface area contributed by atoms with Gasteiger partial charge in [-0.1, -0.05) is 54.6 Å². The van der Waals surface area contributed by atoms with Gasteiger partial charge in [-0.3, -0.25) is 0 Å². The molecular weight excluding hydrogens is 573 g/mol. The summed E-state index contributed by atoms with van der Waals surface area (Å²) in [5.41, 5.74) is -11.1. The maximum absolute atomic E-state index is 13.8. The third-order valence-corrected chi connectivity index (χ3v) is 16.2. The van der Waals surface area contributed by atoms with E-state index in [2.05, 4.69) is 0 Å². The maximum atomic E-state index is 13.8. The minimum Gasteiger partial charge on any atom is -0.218 e. The Labute approximate surface area is 217 Å². The molecule has 38 heavy (non-hydrogen) atoms. The van der Waals surface area contributed by atoms with E-state index in [0.29, 0.717) is 16.7 Å². The van der Waals surface area contributed by atoms with Crippen molar-refractivity contribution in [2.45, 2.75) is 36.4 Å². The molecule has 0 amide bonds. The van der Waals surface area contributed by atoms with Crippen LogP contribution in [0, 0.1) is 20.8 Å². The molecule has 0 unspecified atom stereocenters. The van der Waals surface area contributed by atoms with Gasteiger partial charge in [-0.05, 0) is 55.7 Å². The summed E-state index contributed by atoms with van der Waals surface area (Å²) >= 11 is 0. The molecule has 0 N–H and O–H groups in total.